The topological polar surface area (TPSA) is 53.5 Å². The van der Waals surface area contributed by atoms with Crippen molar-refractivity contribution in [3.63, 3.8) is 0 Å². The molecule has 3 rings (SSSR count). The van der Waals surface area contributed by atoms with Crippen molar-refractivity contribution in [2.45, 2.75) is 5.03 Å². The van der Waals surface area contributed by atoms with Crippen LogP contribution in [0.3, 0.4) is 0 Å². The number of rotatable bonds is 3. The average Bonchev–Trinajstić information content (AvgIpc) is 3.15. The molecule has 1 aliphatic heterocycles. The van der Waals surface area contributed by atoms with Gasteiger partial charge in [0.2, 0.25) is 0 Å². The number of carbonyl (C=O) groups excluding carboxylic acids is 2. The number of thioether (sulfide) groups is 1. The van der Waals surface area contributed by atoms with Crippen LogP contribution in [0.15, 0.2) is 40.9 Å². The Kier molecular flexibility index (Phi) is 4.97. The summed E-state index contributed by atoms with van der Waals surface area (Å²) in [6.45, 7) is 2.24. The van der Waals surface area contributed by atoms with Crippen molar-refractivity contribution < 1.29 is 9.59 Å². The lowest BCUT2D eigenvalue weighted by atomic mass is 10.2. The van der Waals surface area contributed by atoms with E-state index in [4.69, 9.17) is 0 Å². The van der Waals surface area contributed by atoms with E-state index in [-0.39, 0.29) is 11.8 Å². The molecule has 2 aromatic rings. The number of carbonyl (C=O) groups is 2. The monoisotopic (exact) mass is 347 g/mol. The molecule has 2 amide bonds. The van der Waals surface area contributed by atoms with Gasteiger partial charge in [-0.15, -0.1) is 23.1 Å². The maximum absolute atomic E-state index is 12.7. The number of piperazine rings is 1. The van der Waals surface area contributed by atoms with Crippen LogP contribution in [0.4, 0.5) is 0 Å². The number of thiophene rings is 1. The second-order valence-corrected chi connectivity index (χ2v) is 6.86. The van der Waals surface area contributed by atoms with E-state index >= 15 is 0 Å². The van der Waals surface area contributed by atoms with Crippen LogP contribution < -0.4 is 0 Å². The highest BCUT2D eigenvalue weighted by Crippen LogP contribution is 2.20. The number of pyridine rings is 1. The number of amides is 2. The molecule has 2 aromatic heterocycles. The third kappa shape index (κ3) is 3.40. The molecule has 0 unspecified atom stereocenters. The summed E-state index contributed by atoms with van der Waals surface area (Å²) in [5, 5.41) is 2.65. The molecule has 0 N–H and O–H groups in total. The Hall–Kier alpha value is -1.86. The van der Waals surface area contributed by atoms with Crippen LogP contribution in [0.25, 0.3) is 0 Å². The summed E-state index contributed by atoms with van der Waals surface area (Å²) >= 11 is 2.92. The van der Waals surface area contributed by atoms with E-state index in [1.165, 1.54) is 23.1 Å². The van der Waals surface area contributed by atoms with Gasteiger partial charge in [-0.3, -0.25) is 9.59 Å². The molecule has 3 heterocycles. The van der Waals surface area contributed by atoms with Crippen molar-refractivity contribution in [1.82, 2.24) is 14.8 Å². The SMILES string of the molecule is CSc1ncccc1C(=O)N1CCN(C(=O)c2cccs2)CC1. The second-order valence-electron chi connectivity index (χ2n) is 5.12. The highest BCUT2D eigenvalue weighted by atomic mass is 32.2. The third-order valence-electron chi connectivity index (χ3n) is 3.78. The molecular weight excluding hydrogens is 330 g/mol. The highest BCUT2D eigenvalue weighted by Gasteiger charge is 2.27. The van der Waals surface area contributed by atoms with Gasteiger partial charge in [0, 0.05) is 32.4 Å². The summed E-state index contributed by atoms with van der Waals surface area (Å²) in [4.78, 5) is 33.6. The van der Waals surface area contributed by atoms with Crippen molar-refractivity contribution in [1.29, 1.82) is 0 Å². The molecule has 5 nitrogen and oxygen atoms in total. The lowest BCUT2D eigenvalue weighted by Gasteiger charge is -2.34. The molecule has 0 spiro atoms. The zero-order valence-electron chi connectivity index (χ0n) is 12.8. The lowest BCUT2D eigenvalue weighted by molar-refractivity contribution is 0.0535. The van der Waals surface area contributed by atoms with E-state index in [2.05, 4.69) is 4.98 Å². The van der Waals surface area contributed by atoms with Gasteiger partial charge in [-0.2, -0.15) is 0 Å². The Morgan fingerprint density at radius 3 is 2.39 bits per heavy atom. The maximum Gasteiger partial charge on any atom is 0.264 e. The first kappa shape index (κ1) is 16.0. The van der Waals surface area contributed by atoms with Gasteiger partial charge < -0.3 is 9.80 Å². The molecule has 7 heteroatoms. The largest absolute Gasteiger partial charge is 0.335 e. The van der Waals surface area contributed by atoms with E-state index < -0.39 is 0 Å². The zero-order valence-corrected chi connectivity index (χ0v) is 14.4. The molecule has 23 heavy (non-hydrogen) atoms. The fourth-order valence-electron chi connectivity index (χ4n) is 2.56. The van der Waals surface area contributed by atoms with Gasteiger partial charge in [0.05, 0.1) is 10.4 Å². The number of hydrogen-bond donors (Lipinski definition) is 0. The fourth-order valence-corrected chi connectivity index (χ4v) is 3.79. The molecule has 0 aliphatic carbocycles. The first-order valence-corrected chi connectivity index (χ1v) is 9.42. The highest BCUT2D eigenvalue weighted by molar-refractivity contribution is 7.98. The van der Waals surface area contributed by atoms with Crippen LogP contribution in [0, 0.1) is 0 Å². The molecule has 0 radical (unpaired) electrons. The quantitative estimate of drug-likeness (QED) is 0.801. The Bertz CT molecular complexity index is 695. The molecule has 0 atom stereocenters. The van der Waals surface area contributed by atoms with Gasteiger partial charge in [-0.1, -0.05) is 6.07 Å². The van der Waals surface area contributed by atoms with Crippen molar-refractivity contribution in [2.75, 3.05) is 32.4 Å². The van der Waals surface area contributed by atoms with Gasteiger partial charge in [0.25, 0.3) is 11.8 Å². The molecule has 1 saturated heterocycles. The summed E-state index contributed by atoms with van der Waals surface area (Å²) in [5.74, 6) is 0.0453. The number of aromatic nitrogens is 1. The van der Waals surface area contributed by atoms with E-state index in [0.29, 0.717) is 31.7 Å². The van der Waals surface area contributed by atoms with Crippen LogP contribution in [-0.4, -0.2) is 59.0 Å². The zero-order chi connectivity index (χ0) is 16.2. The molecule has 1 aliphatic rings. The van der Waals surface area contributed by atoms with E-state index in [1.807, 2.05) is 34.7 Å². The van der Waals surface area contributed by atoms with Gasteiger partial charge in [0.15, 0.2) is 0 Å². The molecular formula is C16H17N3O2S2. The van der Waals surface area contributed by atoms with E-state index in [9.17, 15) is 9.59 Å². The van der Waals surface area contributed by atoms with Gasteiger partial charge in [0.1, 0.15) is 5.03 Å². The van der Waals surface area contributed by atoms with Crippen molar-refractivity contribution in [2.24, 2.45) is 0 Å². The fraction of sp³-hybridized carbons (Fsp3) is 0.312. The van der Waals surface area contributed by atoms with Gasteiger partial charge >= 0.3 is 0 Å². The molecule has 120 valence electrons. The minimum Gasteiger partial charge on any atom is -0.335 e. The Balaban J connectivity index is 1.65. The smallest absolute Gasteiger partial charge is 0.264 e. The predicted octanol–water partition coefficient (Wildman–Crippen LogP) is 2.46. The van der Waals surface area contributed by atoms with Crippen molar-refractivity contribution >= 4 is 34.9 Å². The third-order valence-corrected chi connectivity index (χ3v) is 5.35. The van der Waals surface area contributed by atoms with Crippen molar-refractivity contribution in [3.8, 4) is 0 Å². The summed E-state index contributed by atoms with van der Waals surface area (Å²) in [6, 6.07) is 7.31. The Labute approximate surface area is 143 Å². The van der Waals surface area contributed by atoms with Gasteiger partial charge in [-0.05, 0) is 29.8 Å². The predicted molar refractivity (Wildman–Crippen MR) is 92.1 cm³/mol. The van der Waals surface area contributed by atoms with Crippen LogP contribution in [0.5, 0.6) is 0 Å². The van der Waals surface area contributed by atoms with Crippen LogP contribution in [-0.2, 0) is 0 Å². The Morgan fingerprint density at radius 2 is 1.78 bits per heavy atom. The first-order chi connectivity index (χ1) is 11.2. The Morgan fingerprint density at radius 1 is 1.09 bits per heavy atom. The first-order valence-electron chi connectivity index (χ1n) is 7.32. The summed E-state index contributed by atoms with van der Waals surface area (Å²) in [7, 11) is 0. The minimum absolute atomic E-state index is 0.00864. The summed E-state index contributed by atoms with van der Waals surface area (Å²) in [6.07, 6.45) is 3.61. The maximum atomic E-state index is 12.7. The number of hydrogen-bond acceptors (Lipinski definition) is 5. The van der Waals surface area contributed by atoms with Crippen molar-refractivity contribution in [3.05, 3.63) is 46.3 Å². The van der Waals surface area contributed by atoms with E-state index in [1.54, 1.807) is 17.2 Å². The molecule has 0 saturated carbocycles. The molecule has 1 fully saturated rings. The summed E-state index contributed by atoms with van der Waals surface area (Å²) < 4.78 is 0. The number of nitrogens with zero attached hydrogens (tertiary/aromatic N) is 3. The normalized spacial score (nSPS) is 14.8. The van der Waals surface area contributed by atoms with Crippen LogP contribution in [0.2, 0.25) is 0 Å². The second kappa shape index (κ2) is 7.14. The average molecular weight is 347 g/mol. The van der Waals surface area contributed by atoms with E-state index in [0.717, 1.165) is 9.90 Å². The molecule has 0 aromatic carbocycles. The summed E-state index contributed by atoms with van der Waals surface area (Å²) in [5.41, 5.74) is 0.637. The van der Waals surface area contributed by atoms with Crippen LogP contribution in [0.1, 0.15) is 20.0 Å². The van der Waals surface area contributed by atoms with Crippen LogP contribution >= 0.6 is 23.1 Å². The molecule has 0 bridgehead atoms. The standard InChI is InChI=1S/C16H17N3O2S2/c1-22-14-12(4-2-6-17-14)15(20)18-7-9-19(10-8-18)16(21)13-5-3-11-23-13/h2-6,11H,7-10H2,1H3. The van der Waals surface area contributed by atoms with Gasteiger partial charge in [-0.25, -0.2) is 4.98 Å². The minimum atomic E-state index is -0.00864. The lowest BCUT2D eigenvalue weighted by Crippen LogP contribution is -2.50.